The van der Waals surface area contributed by atoms with Crippen LogP contribution in [0.1, 0.15) is 11.3 Å². The Hall–Kier alpha value is -3.46. The van der Waals surface area contributed by atoms with E-state index in [1.165, 1.54) is 9.58 Å². The summed E-state index contributed by atoms with van der Waals surface area (Å²) in [5.74, 6) is 0.569. The molecule has 0 radical (unpaired) electrons. The number of aromatic nitrogens is 4. The van der Waals surface area contributed by atoms with Gasteiger partial charge in [0.25, 0.3) is 0 Å². The number of benzene rings is 1. The van der Waals surface area contributed by atoms with Gasteiger partial charge in [-0.15, -0.1) is 5.10 Å². The number of hydrogen-bond acceptors (Lipinski definition) is 10. The summed E-state index contributed by atoms with van der Waals surface area (Å²) in [4.78, 5) is 45.6. The summed E-state index contributed by atoms with van der Waals surface area (Å²) in [5, 5.41) is 16.7. The van der Waals surface area contributed by atoms with Crippen molar-refractivity contribution in [3.05, 3.63) is 54.0 Å². The standard InChI is InChI=1S/C20H19N6O6P/c21-6-5-15-10-25(24-23-15)19-4-2-13(9-22-19)12-1-3-16-14(7-12)8-17-18(11-31-33(28,29)30)32-20(27)26(16)17/h1-4,7,9-10,17-18,28-30,33H,5,8,11H2/t17-,18-/m0/s1. The molecular formula is C20H19N6O6P. The van der Waals surface area contributed by atoms with Gasteiger partial charge in [0.1, 0.15) is 0 Å². The molecule has 0 spiro atoms. The van der Waals surface area contributed by atoms with Gasteiger partial charge >= 0.3 is 143 Å². The zero-order valence-electron chi connectivity index (χ0n) is 17.1. The summed E-state index contributed by atoms with van der Waals surface area (Å²) in [6, 6.07) is 11.0. The number of pyridine rings is 1. The van der Waals surface area contributed by atoms with E-state index < -0.39 is 20.4 Å². The van der Waals surface area contributed by atoms with Crippen LogP contribution in [0.15, 0.2) is 42.7 Å². The molecule has 0 saturated carbocycles. The van der Waals surface area contributed by atoms with Crippen LogP contribution in [0.2, 0.25) is 0 Å². The predicted molar refractivity (Wildman–Crippen MR) is 115 cm³/mol. The normalized spacial score (nSPS) is 19.7. The molecule has 0 unspecified atom stereocenters. The number of anilines is 1. The number of nitriles is 1. The molecule has 3 aromatic rings. The maximum absolute atomic E-state index is 12.4. The SMILES string of the molecule is N#CCc1cn(-c2ccc(-c3ccc4c(c3)C[C@H]3[C@H](CO[PH](O)(O)O)OC(=O)N43)cn2)nn1. The minimum Gasteiger partial charge on any atom is -0.134 e. The third-order valence-corrected chi connectivity index (χ3v) is 6.09. The summed E-state index contributed by atoms with van der Waals surface area (Å²) in [6.07, 6.45) is 2.75. The quantitative estimate of drug-likeness (QED) is 0.443. The summed E-state index contributed by atoms with van der Waals surface area (Å²) < 4.78 is 11.5. The Morgan fingerprint density at radius 2 is 2.06 bits per heavy atom. The molecule has 2 aromatic heterocycles. The molecule has 5 rings (SSSR count). The number of cyclic esters (lactones) is 1. The third kappa shape index (κ3) is 4.16. The molecule has 33 heavy (non-hydrogen) atoms. The Morgan fingerprint density at radius 1 is 1.24 bits per heavy atom. The van der Waals surface area contributed by atoms with Crippen LogP contribution in [-0.2, 0) is 22.1 Å². The smallest absolute Gasteiger partial charge is 0.0606 e. The van der Waals surface area contributed by atoms with E-state index >= 15 is 0 Å². The Kier molecular flexibility index (Phi) is 5.28. The average molecular weight is 470 g/mol. The summed E-state index contributed by atoms with van der Waals surface area (Å²) in [5.41, 5.74) is 3.99. The molecule has 12 nitrogen and oxygen atoms in total. The van der Waals surface area contributed by atoms with Crippen LogP contribution >= 0.6 is 8.17 Å². The fraction of sp³-hybridized carbons (Fsp3) is 0.250. The zero-order valence-corrected chi connectivity index (χ0v) is 18.1. The van der Waals surface area contributed by atoms with E-state index in [1.807, 2.05) is 30.3 Å². The number of amides is 1. The van der Waals surface area contributed by atoms with Crippen molar-refractivity contribution < 1.29 is 28.7 Å². The van der Waals surface area contributed by atoms with E-state index in [4.69, 9.17) is 29.2 Å². The van der Waals surface area contributed by atoms with Gasteiger partial charge in [-0.3, -0.25) is 0 Å². The van der Waals surface area contributed by atoms with Gasteiger partial charge in [-0.1, -0.05) is 5.21 Å². The van der Waals surface area contributed by atoms with E-state index in [1.54, 1.807) is 18.5 Å². The molecule has 1 saturated heterocycles. The van der Waals surface area contributed by atoms with Crippen LogP contribution in [0.25, 0.3) is 16.9 Å². The van der Waals surface area contributed by atoms with Gasteiger partial charge in [0.2, 0.25) is 0 Å². The minimum absolute atomic E-state index is 0.175. The van der Waals surface area contributed by atoms with Crippen LogP contribution in [0.5, 0.6) is 0 Å². The summed E-state index contributed by atoms with van der Waals surface area (Å²) in [7, 11) is -4.70. The molecule has 13 heteroatoms. The average Bonchev–Trinajstić information content (AvgIpc) is 3.47. The number of hydrogen-bond donors (Lipinski definition) is 3. The van der Waals surface area contributed by atoms with Crippen molar-refractivity contribution in [2.24, 2.45) is 0 Å². The first kappa shape index (κ1) is 21.4. The predicted octanol–water partition coefficient (Wildman–Crippen LogP) is 1.05. The first-order valence-electron chi connectivity index (χ1n) is 10.0. The molecule has 1 fully saturated rings. The van der Waals surface area contributed by atoms with Gasteiger partial charge < -0.3 is 0 Å². The Bertz CT molecular complexity index is 1250. The second-order valence-electron chi connectivity index (χ2n) is 7.69. The molecule has 1 aromatic carbocycles. The number of ether oxygens (including phenoxy) is 1. The topological polar surface area (TPSA) is 167 Å². The third-order valence-electron chi connectivity index (χ3n) is 5.54. The second-order valence-corrected chi connectivity index (χ2v) is 9.12. The number of rotatable bonds is 6. The van der Waals surface area contributed by atoms with Crippen molar-refractivity contribution in [3.63, 3.8) is 0 Å². The van der Waals surface area contributed by atoms with Crippen molar-refractivity contribution in [2.75, 3.05) is 11.5 Å². The van der Waals surface area contributed by atoms with Gasteiger partial charge in [0.15, 0.2) is 0 Å². The Labute approximate surface area is 187 Å². The van der Waals surface area contributed by atoms with Gasteiger partial charge in [0.05, 0.1) is 24.4 Å². The van der Waals surface area contributed by atoms with Crippen LogP contribution in [0.4, 0.5) is 10.5 Å². The summed E-state index contributed by atoms with van der Waals surface area (Å²) in [6.45, 7) is -0.312. The molecule has 0 aliphatic carbocycles. The Balaban J connectivity index is 1.34. The van der Waals surface area contributed by atoms with Gasteiger partial charge in [0, 0.05) is 0 Å². The van der Waals surface area contributed by atoms with E-state index in [2.05, 4.69) is 15.3 Å². The molecule has 2 atom stereocenters. The molecular weight excluding hydrogens is 451 g/mol. The van der Waals surface area contributed by atoms with E-state index in [0.29, 0.717) is 23.6 Å². The van der Waals surface area contributed by atoms with Crippen LogP contribution < -0.4 is 4.90 Å². The van der Waals surface area contributed by atoms with Crippen molar-refractivity contribution in [3.8, 4) is 23.0 Å². The van der Waals surface area contributed by atoms with Crippen LogP contribution in [0.3, 0.4) is 0 Å². The molecule has 170 valence electrons. The van der Waals surface area contributed by atoms with Gasteiger partial charge in [-0.2, -0.15) is 5.26 Å². The van der Waals surface area contributed by atoms with Crippen molar-refractivity contribution in [2.45, 2.75) is 25.0 Å². The van der Waals surface area contributed by atoms with Gasteiger partial charge in [-0.25, -0.2) is 4.68 Å². The number of nitrogens with zero attached hydrogens (tertiary/aromatic N) is 6. The zero-order chi connectivity index (χ0) is 23.2. The van der Waals surface area contributed by atoms with Gasteiger partial charge in [-0.05, 0) is 0 Å². The van der Waals surface area contributed by atoms with Crippen molar-refractivity contribution >= 4 is 20.0 Å². The number of carbonyl (C=O) groups excluding carboxylic acids is 1. The monoisotopic (exact) mass is 470 g/mol. The fourth-order valence-electron chi connectivity index (χ4n) is 4.06. The minimum atomic E-state index is -4.70. The fourth-order valence-corrected chi connectivity index (χ4v) is 4.45. The van der Waals surface area contributed by atoms with Crippen LogP contribution in [-0.4, -0.2) is 59.5 Å². The van der Waals surface area contributed by atoms with E-state index in [0.717, 1.165) is 16.7 Å². The molecule has 3 N–H and O–H groups in total. The van der Waals surface area contributed by atoms with Crippen molar-refractivity contribution in [1.29, 1.82) is 5.26 Å². The van der Waals surface area contributed by atoms with Crippen molar-refractivity contribution in [1.82, 2.24) is 20.0 Å². The second kappa shape index (κ2) is 8.15. The Morgan fingerprint density at radius 3 is 2.79 bits per heavy atom. The molecule has 0 bridgehead atoms. The first-order chi connectivity index (χ1) is 15.8. The summed E-state index contributed by atoms with van der Waals surface area (Å²) >= 11 is 0. The maximum atomic E-state index is 12.4. The molecule has 2 aliphatic rings. The maximum Gasteiger partial charge on any atom is -0.0606 e. The molecule has 2 aliphatic heterocycles. The largest absolute Gasteiger partial charge is 0.134 e. The van der Waals surface area contributed by atoms with Crippen LogP contribution in [0, 0.1) is 11.3 Å². The molecule has 4 heterocycles. The first-order valence-corrected chi connectivity index (χ1v) is 11.8. The van der Waals surface area contributed by atoms with E-state index in [9.17, 15) is 4.79 Å². The van der Waals surface area contributed by atoms with E-state index in [-0.39, 0.29) is 19.1 Å². The molecule has 1 amide bonds. The number of fused-ring (bicyclic) bond motifs is 3. The number of carbonyl (C=O) groups is 1.